The Kier molecular flexibility index (Phi) is 4.61. The van der Waals surface area contributed by atoms with Crippen molar-refractivity contribution >= 4 is 33.5 Å². The van der Waals surface area contributed by atoms with E-state index >= 15 is 0 Å². The summed E-state index contributed by atoms with van der Waals surface area (Å²) >= 11 is 9.50. The molecule has 0 saturated carbocycles. The van der Waals surface area contributed by atoms with Crippen molar-refractivity contribution in [3.63, 3.8) is 0 Å². The Morgan fingerprint density at radius 1 is 1.60 bits per heavy atom. The molecule has 0 amide bonds. The number of hydrogen-bond donors (Lipinski definition) is 1. The second-order valence-electron chi connectivity index (χ2n) is 3.41. The van der Waals surface area contributed by atoms with Crippen LogP contribution in [0.2, 0.25) is 0 Å². The lowest BCUT2D eigenvalue weighted by molar-refractivity contribution is -0.137. The molecule has 1 rings (SSSR count). The molecule has 0 heterocycles. The lowest BCUT2D eigenvalue weighted by Crippen LogP contribution is -1.98. The number of carboxylic acids is 1. The summed E-state index contributed by atoms with van der Waals surface area (Å²) in [5.41, 5.74) is 2.08. The van der Waals surface area contributed by atoms with Crippen LogP contribution >= 0.6 is 27.5 Å². The first-order valence-electron chi connectivity index (χ1n) is 4.62. The van der Waals surface area contributed by atoms with Crippen molar-refractivity contribution in [1.82, 2.24) is 0 Å². The molecule has 82 valence electrons. The summed E-state index contributed by atoms with van der Waals surface area (Å²) in [6, 6.07) is 5.82. The molecule has 15 heavy (non-hydrogen) atoms. The van der Waals surface area contributed by atoms with Crippen molar-refractivity contribution in [2.75, 3.05) is 0 Å². The van der Waals surface area contributed by atoms with Gasteiger partial charge in [-0.05, 0) is 30.5 Å². The highest BCUT2D eigenvalue weighted by Crippen LogP contribution is 2.28. The molecule has 1 unspecified atom stereocenters. The van der Waals surface area contributed by atoms with E-state index in [1.165, 1.54) is 0 Å². The quantitative estimate of drug-likeness (QED) is 0.854. The summed E-state index contributed by atoms with van der Waals surface area (Å²) in [6.07, 6.45) is 0.557. The SMILES string of the molecule is Cc1cc(C(Cl)CCC(=O)O)ccc1Br. The fourth-order valence-corrected chi connectivity index (χ4v) is 1.77. The third kappa shape index (κ3) is 3.84. The normalized spacial score (nSPS) is 12.5. The predicted molar refractivity (Wildman–Crippen MR) is 64.3 cm³/mol. The Hall–Kier alpha value is -0.540. The molecular weight excluding hydrogens is 279 g/mol. The van der Waals surface area contributed by atoms with Gasteiger partial charge in [0.05, 0.1) is 5.38 Å². The maximum atomic E-state index is 10.4. The molecule has 0 aromatic heterocycles. The highest BCUT2D eigenvalue weighted by atomic mass is 79.9. The molecule has 0 radical (unpaired) electrons. The van der Waals surface area contributed by atoms with Crippen molar-refractivity contribution in [1.29, 1.82) is 0 Å². The first kappa shape index (κ1) is 12.5. The van der Waals surface area contributed by atoms with Crippen LogP contribution in [0.5, 0.6) is 0 Å². The number of hydrogen-bond acceptors (Lipinski definition) is 1. The number of aliphatic carboxylic acids is 1. The lowest BCUT2D eigenvalue weighted by Gasteiger charge is -2.09. The first-order valence-corrected chi connectivity index (χ1v) is 5.85. The van der Waals surface area contributed by atoms with Crippen molar-refractivity contribution in [2.45, 2.75) is 25.1 Å². The zero-order valence-electron chi connectivity index (χ0n) is 8.34. The molecule has 0 fully saturated rings. The molecule has 2 nitrogen and oxygen atoms in total. The molecule has 4 heteroatoms. The fraction of sp³-hybridized carbons (Fsp3) is 0.364. The minimum atomic E-state index is -0.811. The van der Waals surface area contributed by atoms with Crippen LogP contribution in [0.3, 0.4) is 0 Å². The van der Waals surface area contributed by atoms with Crippen LogP contribution < -0.4 is 0 Å². The molecule has 0 aliphatic carbocycles. The van der Waals surface area contributed by atoms with Gasteiger partial charge in [0, 0.05) is 10.9 Å². The van der Waals surface area contributed by atoms with Crippen molar-refractivity contribution in [2.24, 2.45) is 0 Å². The predicted octanol–water partition coefficient (Wildman–Crippen LogP) is 3.90. The minimum Gasteiger partial charge on any atom is -0.481 e. The second kappa shape index (κ2) is 5.52. The summed E-state index contributed by atoms with van der Waals surface area (Å²) in [4.78, 5) is 10.4. The molecule has 0 aliphatic heterocycles. The smallest absolute Gasteiger partial charge is 0.303 e. The van der Waals surface area contributed by atoms with Gasteiger partial charge in [-0.2, -0.15) is 0 Å². The Balaban J connectivity index is 2.69. The summed E-state index contributed by atoms with van der Waals surface area (Å²) in [6.45, 7) is 1.98. The third-order valence-corrected chi connectivity index (χ3v) is 3.52. The van der Waals surface area contributed by atoms with Gasteiger partial charge in [-0.25, -0.2) is 0 Å². The van der Waals surface area contributed by atoms with Crippen LogP contribution in [-0.2, 0) is 4.79 Å². The van der Waals surface area contributed by atoms with E-state index in [2.05, 4.69) is 15.9 Å². The highest BCUT2D eigenvalue weighted by Gasteiger charge is 2.10. The van der Waals surface area contributed by atoms with Crippen molar-refractivity contribution < 1.29 is 9.90 Å². The molecule has 0 aliphatic rings. The number of benzene rings is 1. The average molecular weight is 292 g/mol. The van der Waals surface area contributed by atoms with Crippen LogP contribution in [0.15, 0.2) is 22.7 Å². The van der Waals surface area contributed by atoms with Gasteiger partial charge in [-0.1, -0.05) is 28.1 Å². The molecule has 1 aromatic carbocycles. The first-order chi connectivity index (χ1) is 7.00. The Morgan fingerprint density at radius 2 is 2.27 bits per heavy atom. The van der Waals surface area contributed by atoms with Gasteiger partial charge in [0.15, 0.2) is 0 Å². The number of halogens is 2. The second-order valence-corrected chi connectivity index (χ2v) is 4.79. The van der Waals surface area contributed by atoms with Crippen LogP contribution in [-0.4, -0.2) is 11.1 Å². The van der Waals surface area contributed by atoms with E-state index in [1.54, 1.807) is 0 Å². The molecule has 1 aromatic rings. The lowest BCUT2D eigenvalue weighted by atomic mass is 10.1. The number of rotatable bonds is 4. The van der Waals surface area contributed by atoms with Gasteiger partial charge >= 0.3 is 5.97 Å². The van der Waals surface area contributed by atoms with Crippen molar-refractivity contribution in [3.8, 4) is 0 Å². The molecule has 1 atom stereocenters. The van der Waals surface area contributed by atoms with Crippen LogP contribution in [0, 0.1) is 6.92 Å². The van der Waals surface area contributed by atoms with Crippen LogP contribution in [0.1, 0.15) is 29.3 Å². The maximum absolute atomic E-state index is 10.4. The van der Waals surface area contributed by atoms with E-state index in [0.29, 0.717) is 6.42 Å². The molecule has 0 bridgehead atoms. The van der Waals surface area contributed by atoms with Crippen LogP contribution in [0.25, 0.3) is 0 Å². The summed E-state index contributed by atoms with van der Waals surface area (Å²) < 4.78 is 1.04. The monoisotopic (exact) mass is 290 g/mol. The van der Waals surface area contributed by atoms with E-state index < -0.39 is 5.97 Å². The van der Waals surface area contributed by atoms with E-state index in [1.807, 2.05) is 25.1 Å². The molecule has 0 saturated heterocycles. The van der Waals surface area contributed by atoms with E-state index in [0.717, 1.165) is 15.6 Å². The zero-order chi connectivity index (χ0) is 11.4. The summed E-state index contributed by atoms with van der Waals surface area (Å²) in [5.74, 6) is -0.811. The standard InChI is InChI=1S/C11H12BrClO2/c1-7-6-8(2-3-9(7)12)10(13)4-5-11(14)15/h2-3,6,10H,4-5H2,1H3,(H,14,15). The molecule has 1 N–H and O–H groups in total. The summed E-state index contributed by atoms with van der Waals surface area (Å²) in [5, 5.41) is 8.31. The van der Waals surface area contributed by atoms with Gasteiger partial charge in [0.1, 0.15) is 0 Å². The summed E-state index contributed by atoms with van der Waals surface area (Å²) in [7, 11) is 0. The van der Waals surface area contributed by atoms with E-state index in [4.69, 9.17) is 16.7 Å². The Morgan fingerprint density at radius 3 is 2.80 bits per heavy atom. The molecular formula is C11H12BrClO2. The largest absolute Gasteiger partial charge is 0.481 e. The van der Waals surface area contributed by atoms with Gasteiger partial charge in [-0.15, -0.1) is 11.6 Å². The van der Waals surface area contributed by atoms with Crippen LogP contribution in [0.4, 0.5) is 0 Å². The van der Waals surface area contributed by atoms with E-state index in [-0.39, 0.29) is 11.8 Å². The van der Waals surface area contributed by atoms with E-state index in [9.17, 15) is 4.79 Å². The Labute approximate surface area is 102 Å². The number of carboxylic acid groups (broad SMARTS) is 1. The molecule has 0 spiro atoms. The average Bonchev–Trinajstić information content (AvgIpc) is 2.18. The van der Waals surface area contributed by atoms with Gasteiger partial charge in [0.25, 0.3) is 0 Å². The Bertz CT molecular complexity index is 366. The maximum Gasteiger partial charge on any atom is 0.303 e. The topological polar surface area (TPSA) is 37.3 Å². The number of carbonyl (C=O) groups is 1. The zero-order valence-corrected chi connectivity index (χ0v) is 10.7. The fourth-order valence-electron chi connectivity index (χ4n) is 1.28. The van der Waals surface area contributed by atoms with Gasteiger partial charge < -0.3 is 5.11 Å². The van der Waals surface area contributed by atoms with Gasteiger partial charge in [-0.3, -0.25) is 4.79 Å². The minimum absolute atomic E-state index is 0.100. The van der Waals surface area contributed by atoms with Crippen molar-refractivity contribution in [3.05, 3.63) is 33.8 Å². The number of aryl methyl sites for hydroxylation is 1. The third-order valence-electron chi connectivity index (χ3n) is 2.16. The number of alkyl halides is 1. The van der Waals surface area contributed by atoms with Gasteiger partial charge in [0.2, 0.25) is 0 Å². The highest BCUT2D eigenvalue weighted by molar-refractivity contribution is 9.10.